The summed E-state index contributed by atoms with van der Waals surface area (Å²) in [5.74, 6) is 0.898. The molecule has 1 heterocycles. The van der Waals surface area contributed by atoms with Gasteiger partial charge in [0.1, 0.15) is 5.75 Å². The van der Waals surface area contributed by atoms with Gasteiger partial charge in [0.15, 0.2) is 0 Å². The van der Waals surface area contributed by atoms with Gasteiger partial charge in [0.25, 0.3) is 5.91 Å². The smallest absolute Gasteiger partial charge is 0.253 e. The van der Waals surface area contributed by atoms with Crippen LogP contribution in [-0.2, 0) is 11.3 Å². The lowest BCUT2D eigenvalue weighted by Gasteiger charge is -2.31. The highest BCUT2D eigenvalue weighted by Gasteiger charge is 2.27. The van der Waals surface area contributed by atoms with Crippen molar-refractivity contribution >= 4 is 27.7 Å². The van der Waals surface area contributed by atoms with E-state index in [1.165, 1.54) is 0 Å². The van der Waals surface area contributed by atoms with Gasteiger partial charge in [-0.3, -0.25) is 9.59 Å². The Morgan fingerprint density at radius 2 is 1.72 bits per heavy atom. The van der Waals surface area contributed by atoms with Gasteiger partial charge in [0, 0.05) is 35.6 Å². The molecule has 0 radical (unpaired) electrons. The molecule has 2 amide bonds. The Labute approximate surface area is 180 Å². The third-order valence-corrected chi connectivity index (χ3v) is 5.64. The van der Waals surface area contributed by atoms with Crippen LogP contribution in [0.3, 0.4) is 0 Å². The molecule has 0 saturated carbocycles. The lowest BCUT2D eigenvalue weighted by Crippen LogP contribution is -2.42. The van der Waals surface area contributed by atoms with Crippen molar-refractivity contribution in [2.75, 3.05) is 19.7 Å². The summed E-state index contributed by atoms with van der Waals surface area (Å²) in [4.78, 5) is 26.9. The van der Waals surface area contributed by atoms with Crippen LogP contribution in [0.1, 0.15) is 42.1 Å². The highest BCUT2D eigenvalue weighted by molar-refractivity contribution is 9.10. The number of nitrogens with zero attached hydrogens (tertiary/aromatic N) is 1. The molecule has 0 spiro atoms. The Balaban J connectivity index is 1.44. The van der Waals surface area contributed by atoms with E-state index in [4.69, 9.17) is 4.74 Å². The van der Waals surface area contributed by atoms with Gasteiger partial charge in [-0.25, -0.2) is 0 Å². The molecule has 154 valence electrons. The lowest BCUT2D eigenvalue weighted by atomic mass is 9.95. The topological polar surface area (TPSA) is 58.6 Å². The average Bonchev–Trinajstić information content (AvgIpc) is 2.77. The van der Waals surface area contributed by atoms with E-state index in [-0.39, 0.29) is 17.7 Å². The number of rotatable bonds is 7. The van der Waals surface area contributed by atoms with Gasteiger partial charge in [-0.2, -0.15) is 0 Å². The molecule has 0 aliphatic carbocycles. The minimum absolute atomic E-state index is 0.0294. The largest absolute Gasteiger partial charge is 0.494 e. The fraction of sp³-hybridized carbons (Fsp3) is 0.391. The van der Waals surface area contributed by atoms with Gasteiger partial charge >= 0.3 is 0 Å². The first kappa shape index (κ1) is 21.4. The Hall–Kier alpha value is -2.34. The molecule has 0 aromatic heterocycles. The number of carbonyl (C=O) groups is 2. The van der Waals surface area contributed by atoms with Crippen molar-refractivity contribution in [3.8, 4) is 5.75 Å². The van der Waals surface area contributed by atoms with E-state index in [9.17, 15) is 9.59 Å². The minimum atomic E-state index is -0.0453. The monoisotopic (exact) mass is 458 g/mol. The van der Waals surface area contributed by atoms with Crippen LogP contribution >= 0.6 is 15.9 Å². The third kappa shape index (κ3) is 6.07. The summed E-state index contributed by atoms with van der Waals surface area (Å²) in [7, 11) is 0. The van der Waals surface area contributed by atoms with Gasteiger partial charge in [0.05, 0.1) is 6.61 Å². The minimum Gasteiger partial charge on any atom is -0.494 e. The summed E-state index contributed by atoms with van der Waals surface area (Å²) in [6, 6.07) is 15.2. The molecule has 29 heavy (non-hydrogen) atoms. The van der Waals surface area contributed by atoms with Gasteiger partial charge in [-0.1, -0.05) is 35.0 Å². The zero-order valence-corrected chi connectivity index (χ0v) is 18.3. The highest BCUT2D eigenvalue weighted by atomic mass is 79.9. The zero-order valence-electron chi connectivity index (χ0n) is 16.7. The van der Waals surface area contributed by atoms with Crippen molar-refractivity contribution in [1.82, 2.24) is 10.2 Å². The average molecular weight is 459 g/mol. The molecule has 1 N–H and O–H groups in total. The number of hydrogen-bond donors (Lipinski definition) is 1. The SMILES string of the molecule is CCCOc1ccc(CNC(=O)C2CCN(C(=O)c3ccc(Br)cc3)CC2)cc1. The number of hydrogen-bond acceptors (Lipinski definition) is 3. The van der Waals surface area contributed by atoms with Crippen LogP contribution in [0, 0.1) is 5.92 Å². The number of halogens is 1. The second-order valence-electron chi connectivity index (χ2n) is 7.28. The number of ether oxygens (including phenoxy) is 1. The molecule has 1 fully saturated rings. The summed E-state index contributed by atoms with van der Waals surface area (Å²) < 4.78 is 6.53. The standard InChI is InChI=1S/C23H27BrN2O3/c1-2-15-29-21-9-3-17(4-10-21)16-25-22(27)18-11-13-26(14-12-18)23(28)19-5-7-20(24)8-6-19/h3-10,18H,2,11-16H2,1H3,(H,25,27). The molecule has 1 aliphatic rings. The van der Waals surface area contributed by atoms with E-state index < -0.39 is 0 Å². The Morgan fingerprint density at radius 1 is 1.07 bits per heavy atom. The maximum absolute atomic E-state index is 12.6. The predicted molar refractivity (Wildman–Crippen MR) is 117 cm³/mol. The molecule has 3 rings (SSSR count). The van der Waals surface area contributed by atoms with Crippen molar-refractivity contribution < 1.29 is 14.3 Å². The summed E-state index contributed by atoms with van der Waals surface area (Å²) in [5.41, 5.74) is 1.73. The van der Waals surface area contributed by atoms with E-state index >= 15 is 0 Å². The van der Waals surface area contributed by atoms with Crippen LogP contribution in [0.5, 0.6) is 5.75 Å². The maximum Gasteiger partial charge on any atom is 0.253 e. The number of piperidine rings is 1. The van der Waals surface area contributed by atoms with E-state index in [1.54, 1.807) is 0 Å². The predicted octanol–water partition coefficient (Wildman–Crippen LogP) is 4.41. The molecule has 2 aromatic rings. The third-order valence-electron chi connectivity index (χ3n) is 5.11. The van der Waals surface area contributed by atoms with Crippen LogP contribution in [0.15, 0.2) is 53.0 Å². The second-order valence-corrected chi connectivity index (χ2v) is 8.20. The molecular weight excluding hydrogens is 432 g/mol. The first-order chi connectivity index (χ1) is 14.1. The van der Waals surface area contributed by atoms with E-state index in [1.807, 2.05) is 53.4 Å². The van der Waals surface area contributed by atoms with E-state index in [0.29, 0.717) is 44.6 Å². The highest BCUT2D eigenvalue weighted by Crippen LogP contribution is 2.20. The van der Waals surface area contributed by atoms with E-state index in [0.717, 1.165) is 22.2 Å². The number of benzene rings is 2. The molecule has 0 bridgehead atoms. The van der Waals surface area contributed by atoms with Crippen LogP contribution in [0.2, 0.25) is 0 Å². The van der Waals surface area contributed by atoms with Gasteiger partial charge in [0.2, 0.25) is 5.91 Å². The van der Waals surface area contributed by atoms with Crippen molar-refractivity contribution in [3.63, 3.8) is 0 Å². The fourth-order valence-corrected chi connectivity index (χ4v) is 3.64. The first-order valence-electron chi connectivity index (χ1n) is 10.1. The summed E-state index contributed by atoms with van der Waals surface area (Å²) >= 11 is 3.38. The van der Waals surface area contributed by atoms with Crippen LogP contribution < -0.4 is 10.1 Å². The molecule has 5 nitrogen and oxygen atoms in total. The number of nitrogens with one attached hydrogen (secondary N) is 1. The van der Waals surface area contributed by atoms with Gasteiger partial charge in [-0.15, -0.1) is 0 Å². The van der Waals surface area contributed by atoms with E-state index in [2.05, 4.69) is 28.2 Å². The Kier molecular flexibility index (Phi) is 7.69. The first-order valence-corrected chi connectivity index (χ1v) is 10.9. The number of amides is 2. The van der Waals surface area contributed by atoms with Crippen molar-refractivity contribution in [2.45, 2.75) is 32.7 Å². The zero-order chi connectivity index (χ0) is 20.6. The van der Waals surface area contributed by atoms with Crippen molar-refractivity contribution in [1.29, 1.82) is 0 Å². The van der Waals surface area contributed by atoms with Crippen LogP contribution in [-0.4, -0.2) is 36.4 Å². The fourth-order valence-electron chi connectivity index (χ4n) is 3.38. The molecule has 1 saturated heterocycles. The Bertz CT molecular complexity index is 813. The summed E-state index contributed by atoms with van der Waals surface area (Å²) in [5, 5.41) is 3.02. The van der Waals surface area contributed by atoms with Gasteiger partial charge in [-0.05, 0) is 61.2 Å². The van der Waals surface area contributed by atoms with Crippen LogP contribution in [0.25, 0.3) is 0 Å². The quantitative estimate of drug-likeness (QED) is 0.668. The molecule has 0 atom stereocenters. The van der Waals surface area contributed by atoms with Gasteiger partial charge < -0.3 is 15.0 Å². The second kappa shape index (κ2) is 10.4. The summed E-state index contributed by atoms with van der Waals surface area (Å²) in [6.45, 7) is 4.50. The van der Waals surface area contributed by atoms with Crippen molar-refractivity contribution in [3.05, 3.63) is 64.1 Å². The molecule has 1 aliphatic heterocycles. The summed E-state index contributed by atoms with van der Waals surface area (Å²) in [6.07, 6.45) is 2.36. The number of carbonyl (C=O) groups excluding carboxylic acids is 2. The lowest BCUT2D eigenvalue weighted by molar-refractivity contribution is -0.126. The molecule has 0 unspecified atom stereocenters. The maximum atomic E-state index is 12.6. The molecule has 2 aromatic carbocycles. The molecule has 6 heteroatoms. The van der Waals surface area contributed by atoms with Crippen molar-refractivity contribution in [2.24, 2.45) is 5.92 Å². The van der Waals surface area contributed by atoms with Crippen LogP contribution in [0.4, 0.5) is 0 Å². The molecular formula is C23H27BrN2O3. The number of likely N-dealkylation sites (tertiary alicyclic amines) is 1. The Morgan fingerprint density at radius 3 is 2.34 bits per heavy atom. The normalized spacial score (nSPS) is 14.5.